The maximum atomic E-state index is 12.0. The van der Waals surface area contributed by atoms with E-state index in [1.807, 2.05) is 39.0 Å². The van der Waals surface area contributed by atoms with Gasteiger partial charge in [-0.1, -0.05) is 25.1 Å². The van der Waals surface area contributed by atoms with Crippen LogP contribution in [0.2, 0.25) is 0 Å². The second-order valence-electron chi connectivity index (χ2n) is 7.55. The third-order valence-electron chi connectivity index (χ3n) is 4.27. The number of amides is 1. The lowest BCUT2D eigenvalue weighted by Crippen LogP contribution is -2.61. The van der Waals surface area contributed by atoms with E-state index < -0.39 is 5.60 Å². The summed E-state index contributed by atoms with van der Waals surface area (Å²) < 4.78 is 11.2. The van der Waals surface area contributed by atoms with Crippen LogP contribution in [0.1, 0.15) is 39.3 Å². The molecule has 2 aliphatic rings. The highest BCUT2D eigenvalue weighted by molar-refractivity contribution is 5.69. The number of hydrogen-bond donors (Lipinski definition) is 1. The molecule has 0 aliphatic carbocycles. The molecule has 2 heterocycles. The third-order valence-corrected chi connectivity index (χ3v) is 4.27. The van der Waals surface area contributed by atoms with Gasteiger partial charge in [0.15, 0.2) is 0 Å². The minimum Gasteiger partial charge on any atom is -0.493 e. The van der Waals surface area contributed by atoms with Crippen LogP contribution in [0, 0.1) is 5.92 Å². The van der Waals surface area contributed by atoms with E-state index in [4.69, 9.17) is 9.47 Å². The predicted octanol–water partition coefficient (Wildman–Crippen LogP) is 2.97. The Labute approximate surface area is 137 Å². The molecule has 1 aromatic rings. The van der Waals surface area contributed by atoms with Crippen molar-refractivity contribution in [3.8, 4) is 5.75 Å². The van der Waals surface area contributed by atoms with E-state index in [0.717, 1.165) is 12.4 Å². The van der Waals surface area contributed by atoms with E-state index in [2.05, 4.69) is 18.3 Å². The first-order valence-corrected chi connectivity index (χ1v) is 8.29. The van der Waals surface area contributed by atoms with Crippen molar-refractivity contribution in [2.45, 2.75) is 45.4 Å². The number of rotatable bonds is 2. The summed E-state index contributed by atoms with van der Waals surface area (Å²) in [7, 11) is 0. The summed E-state index contributed by atoms with van der Waals surface area (Å²) in [6.45, 7) is 9.97. The van der Waals surface area contributed by atoms with Crippen LogP contribution in [0.5, 0.6) is 5.75 Å². The van der Waals surface area contributed by atoms with Gasteiger partial charge >= 0.3 is 6.09 Å². The van der Waals surface area contributed by atoms with Gasteiger partial charge in [-0.15, -0.1) is 0 Å². The minimum atomic E-state index is -0.441. The van der Waals surface area contributed by atoms with Crippen LogP contribution in [-0.4, -0.2) is 42.3 Å². The topological polar surface area (TPSA) is 50.8 Å². The smallest absolute Gasteiger partial charge is 0.410 e. The van der Waals surface area contributed by atoms with Crippen molar-refractivity contribution in [1.29, 1.82) is 0 Å². The van der Waals surface area contributed by atoms with Crippen molar-refractivity contribution in [1.82, 2.24) is 10.2 Å². The molecule has 2 aliphatic heterocycles. The fourth-order valence-electron chi connectivity index (χ4n) is 3.06. The molecule has 2 atom stereocenters. The molecule has 1 saturated heterocycles. The Morgan fingerprint density at radius 1 is 1.30 bits per heavy atom. The predicted molar refractivity (Wildman–Crippen MR) is 88.6 cm³/mol. The maximum Gasteiger partial charge on any atom is 0.410 e. The first-order valence-electron chi connectivity index (χ1n) is 8.29. The maximum absolute atomic E-state index is 12.0. The van der Waals surface area contributed by atoms with Crippen molar-refractivity contribution in [3.63, 3.8) is 0 Å². The molecule has 5 heteroatoms. The molecule has 1 amide bonds. The summed E-state index contributed by atoms with van der Waals surface area (Å²) >= 11 is 0. The van der Waals surface area contributed by atoms with E-state index in [9.17, 15) is 4.79 Å². The van der Waals surface area contributed by atoms with Gasteiger partial charge < -0.3 is 19.7 Å². The highest BCUT2D eigenvalue weighted by Crippen LogP contribution is 2.35. The zero-order valence-corrected chi connectivity index (χ0v) is 14.3. The monoisotopic (exact) mass is 318 g/mol. The van der Waals surface area contributed by atoms with Gasteiger partial charge in [-0.2, -0.15) is 0 Å². The Morgan fingerprint density at radius 3 is 2.70 bits per heavy atom. The average Bonchev–Trinajstić information content (AvgIpc) is 2.42. The number of carbonyl (C=O) groups is 1. The van der Waals surface area contributed by atoms with Crippen LogP contribution in [0.3, 0.4) is 0 Å². The Hall–Kier alpha value is -1.75. The number of hydrogen-bond acceptors (Lipinski definition) is 4. The summed E-state index contributed by atoms with van der Waals surface area (Å²) in [6, 6.07) is 8.76. The van der Waals surface area contributed by atoms with Gasteiger partial charge in [-0.05, 0) is 26.8 Å². The summed E-state index contributed by atoms with van der Waals surface area (Å²) in [5.74, 6) is 1.37. The number of para-hydroxylation sites is 1. The number of carbonyl (C=O) groups excluding carboxylic acids is 1. The van der Waals surface area contributed by atoms with Crippen molar-refractivity contribution in [3.05, 3.63) is 29.8 Å². The standard InChI is InChI=1S/C18H26N2O3/c1-12-11-22-15-8-6-5-7-14(15)16(12)19-13-9-20(10-13)17(21)23-18(2,3)4/h5-8,12-13,16,19H,9-11H2,1-4H3. The lowest BCUT2D eigenvalue weighted by atomic mass is 9.90. The molecular formula is C18H26N2O3. The molecule has 2 unspecified atom stereocenters. The van der Waals surface area contributed by atoms with Gasteiger partial charge in [0.05, 0.1) is 6.61 Å². The lowest BCUT2D eigenvalue weighted by Gasteiger charge is -2.43. The third kappa shape index (κ3) is 3.61. The number of benzene rings is 1. The van der Waals surface area contributed by atoms with E-state index in [1.54, 1.807) is 4.90 Å². The zero-order chi connectivity index (χ0) is 16.6. The number of fused-ring (bicyclic) bond motifs is 1. The van der Waals surface area contributed by atoms with E-state index in [0.29, 0.717) is 25.0 Å². The molecule has 0 radical (unpaired) electrons. The van der Waals surface area contributed by atoms with E-state index >= 15 is 0 Å². The van der Waals surface area contributed by atoms with Gasteiger partial charge in [-0.25, -0.2) is 4.79 Å². The number of ether oxygens (including phenoxy) is 2. The largest absolute Gasteiger partial charge is 0.493 e. The Kier molecular flexibility index (Phi) is 4.23. The second-order valence-corrected chi connectivity index (χ2v) is 7.55. The summed E-state index contributed by atoms with van der Waals surface area (Å²) in [5, 5.41) is 3.68. The number of likely N-dealkylation sites (tertiary alicyclic amines) is 1. The van der Waals surface area contributed by atoms with Crippen molar-refractivity contribution in [2.75, 3.05) is 19.7 Å². The molecule has 0 spiro atoms. The van der Waals surface area contributed by atoms with Crippen LogP contribution in [0.4, 0.5) is 4.79 Å². The Morgan fingerprint density at radius 2 is 2.00 bits per heavy atom. The lowest BCUT2D eigenvalue weighted by molar-refractivity contribution is 0.00247. The number of nitrogens with one attached hydrogen (secondary N) is 1. The molecule has 126 valence electrons. The second kappa shape index (κ2) is 6.04. The number of nitrogens with zero attached hydrogens (tertiary/aromatic N) is 1. The zero-order valence-electron chi connectivity index (χ0n) is 14.3. The van der Waals surface area contributed by atoms with Crippen LogP contribution in [0.15, 0.2) is 24.3 Å². The molecule has 1 N–H and O–H groups in total. The summed E-state index contributed by atoms with van der Waals surface area (Å²) in [4.78, 5) is 13.7. The minimum absolute atomic E-state index is 0.226. The van der Waals surface area contributed by atoms with Crippen molar-refractivity contribution in [2.24, 2.45) is 5.92 Å². The van der Waals surface area contributed by atoms with Crippen LogP contribution >= 0.6 is 0 Å². The van der Waals surface area contributed by atoms with Crippen molar-refractivity contribution < 1.29 is 14.3 Å². The molecule has 0 saturated carbocycles. The molecule has 0 aromatic heterocycles. The highest BCUT2D eigenvalue weighted by Gasteiger charge is 2.37. The van der Waals surface area contributed by atoms with Gasteiger partial charge in [0, 0.05) is 36.7 Å². The molecule has 5 nitrogen and oxygen atoms in total. The first-order chi connectivity index (χ1) is 10.8. The van der Waals surface area contributed by atoms with Gasteiger partial charge in [0.1, 0.15) is 11.4 Å². The molecule has 1 aromatic carbocycles. The normalized spacial score (nSPS) is 24.4. The van der Waals surface area contributed by atoms with Gasteiger partial charge in [0.25, 0.3) is 0 Å². The van der Waals surface area contributed by atoms with Gasteiger partial charge in [-0.3, -0.25) is 0 Å². The van der Waals surface area contributed by atoms with Crippen LogP contribution < -0.4 is 10.1 Å². The summed E-state index contributed by atoms with van der Waals surface area (Å²) in [5.41, 5.74) is 0.769. The van der Waals surface area contributed by atoms with Crippen molar-refractivity contribution >= 4 is 6.09 Å². The van der Waals surface area contributed by atoms with Crippen LogP contribution in [0.25, 0.3) is 0 Å². The average molecular weight is 318 g/mol. The first kappa shape index (κ1) is 16.1. The summed E-state index contributed by atoms with van der Waals surface area (Å²) in [6.07, 6.45) is -0.226. The molecule has 1 fully saturated rings. The Bertz CT molecular complexity index is 576. The highest BCUT2D eigenvalue weighted by atomic mass is 16.6. The molecule has 23 heavy (non-hydrogen) atoms. The molecular weight excluding hydrogens is 292 g/mol. The Balaban J connectivity index is 1.57. The SMILES string of the molecule is CC1COc2ccccc2C1NC1CN(C(=O)OC(C)(C)C)C1. The van der Waals surface area contributed by atoms with Crippen LogP contribution in [-0.2, 0) is 4.74 Å². The van der Waals surface area contributed by atoms with Gasteiger partial charge in [0.2, 0.25) is 0 Å². The fourth-order valence-corrected chi connectivity index (χ4v) is 3.06. The molecule has 0 bridgehead atoms. The molecule has 3 rings (SSSR count). The quantitative estimate of drug-likeness (QED) is 0.911. The fraction of sp³-hybridized carbons (Fsp3) is 0.611. The van der Waals surface area contributed by atoms with E-state index in [1.165, 1.54) is 5.56 Å². The van der Waals surface area contributed by atoms with E-state index in [-0.39, 0.29) is 12.1 Å².